The molecule has 2 amide bonds. The Balaban J connectivity index is 1.84. The van der Waals surface area contributed by atoms with Crippen LogP contribution in [0.5, 0.6) is 11.5 Å². The summed E-state index contributed by atoms with van der Waals surface area (Å²) in [5, 5.41) is 4.57. The largest absolute Gasteiger partial charge is 0.493 e. The number of carbonyl (C=O) groups is 2. The average Bonchev–Trinajstić information content (AvgIpc) is 3.30. The minimum absolute atomic E-state index is 0.0540. The number of carbonyl (C=O) groups excluding carboxylic acids is 2. The minimum atomic E-state index is -0.637. The standard InChI is InChI=1S/C28H33ClFN5O5/c1-5-32-10-8-7-9-11-40-20-13-19(30)18(29)12-17(20)15-34-26(36)21-23(22(31-34)27(32)37)35-16(3)14-33(6-2)28(38)24(35)25(21)39-4/h12-13,16H,5-11,14-15H2,1-4H3/t16-/m0/s1. The van der Waals surface area contributed by atoms with Gasteiger partial charge in [0.25, 0.3) is 17.4 Å². The summed E-state index contributed by atoms with van der Waals surface area (Å²) in [6.07, 6.45) is 2.23. The number of hydrogen-bond donors (Lipinski definition) is 0. The van der Waals surface area contributed by atoms with E-state index in [0.29, 0.717) is 44.8 Å². The van der Waals surface area contributed by atoms with Gasteiger partial charge in [0, 0.05) is 43.9 Å². The molecule has 0 unspecified atom stereocenters. The zero-order valence-electron chi connectivity index (χ0n) is 23.1. The number of rotatable bonds is 3. The maximum atomic E-state index is 14.4. The van der Waals surface area contributed by atoms with Gasteiger partial charge in [-0.05, 0) is 46.1 Å². The average molecular weight is 574 g/mol. The van der Waals surface area contributed by atoms with Crippen molar-refractivity contribution in [3.8, 4) is 11.5 Å². The fourth-order valence-corrected chi connectivity index (χ4v) is 5.83. The summed E-state index contributed by atoms with van der Waals surface area (Å²) in [4.78, 5) is 45.1. The van der Waals surface area contributed by atoms with Crippen molar-refractivity contribution in [2.24, 2.45) is 0 Å². The Kier molecular flexibility index (Phi) is 7.76. The molecule has 0 saturated heterocycles. The van der Waals surface area contributed by atoms with E-state index >= 15 is 0 Å². The number of halogens is 2. The molecule has 0 saturated carbocycles. The molecule has 40 heavy (non-hydrogen) atoms. The third-order valence-electron chi connectivity index (χ3n) is 7.68. The van der Waals surface area contributed by atoms with Crippen molar-refractivity contribution in [1.29, 1.82) is 0 Å². The van der Waals surface area contributed by atoms with Gasteiger partial charge in [0.1, 0.15) is 17.0 Å². The lowest BCUT2D eigenvalue weighted by atomic mass is 10.1. The predicted octanol–water partition coefficient (Wildman–Crippen LogP) is 4.11. The van der Waals surface area contributed by atoms with E-state index in [-0.39, 0.29) is 63.2 Å². The number of fused-ring (bicyclic) bond motifs is 7. The van der Waals surface area contributed by atoms with Gasteiger partial charge in [-0.2, -0.15) is 5.10 Å². The van der Waals surface area contributed by atoms with Crippen molar-refractivity contribution in [3.63, 3.8) is 0 Å². The topological polar surface area (TPSA) is 98.9 Å². The van der Waals surface area contributed by atoms with E-state index in [1.54, 1.807) is 14.4 Å². The van der Waals surface area contributed by atoms with Crippen LogP contribution in [0.25, 0.3) is 10.9 Å². The molecule has 10 nitrogen and oxygen atoms in total. The number of methoxy groups -OCH3 is 1. The normalized spacial score (nSPS) is 18.3. The molecule has 2 bridgehead atoms. The molecule has 0 aliphatic carbocycles. The fourth-order valence-electron chi connectivity index (χ4n) is 5.64. The smallest absolute Gasteiger partial charge is 0.280 e. The first-order valence-corrected chi connectivity index (χ1v) is 14.0. The second-order valence-electron chi connectivity index (χ2n) is 10.1. The van der Waals surface area contributed by atoms with Crippen LogP contribution < -0.4 is 15.0 Å². The number of likely N-dealkylation sites (N-methyl/N-ethyl adjacent to an activating group) is 1. The lowest BCUT2D eigenvalue weighted by Gasteiger charge is -2.33. The molecule has 0 N–H and O–H groups in total. The highest BCUT2D eigenvalue weighted by molar-refractivity contribution is 6.30. The van der Waals surface area contributed by atoms with Crippen molar-refractivity contribution in [1.82, 2.24) is 24.1 Å². The summed E-state index contributed by atoms with van der Waals surface area (Å²) in [5.74, 6) is -0.898. The van der Waals surface area contributed by atoms with E-state index in [1.165, 1.54) is 19.2 Å². The Morgan fingerprint density at radius 1 is 1.10 bits per heavy atom. The van der Waals surface area contributed by atoms with Crippen LogP contribution in [0.15, 0.2) is 16.9 Å². The number of hydrogen-bond acceptors (Lipinski definition) is 6. The molecule has 2 aliphatic rings. The van der Waals surface area contributed by atoms with E-state index in [1.807, 2.05) is 20.8 Å². The lowest BCUT2D eigenvalue weighted by Crippen LogP contribution is -2.42. The van der Waals surface area contributed by atoms with Gasteiger partial charge in [-0.25, -0.2) is 9.07 Å². The Bertz CT molecular complexity index is 1550. The van der Waals surface area contributed by atoms with E-state index in [2.05, 4.69) is 5.10 Å². The summed E-state index contributed by atoms with van der Waals surface area (Å²) in [5.41, 5.74) is 0.452. The SMILES string of the molecule is CCN1CCCCCOc2cc(F)c(Cl)cc2Cn2nc(c3c(c(OC)c4n3[C@@H](C)CN(CC)C4=O)c2=O)C1=O. The van der Waals surface area contributed by atoms with Gasteiger partial charge in [0.05, 0.1) is 30.8 Å². The molecule has 3 aromatic rings. The Labute approximate surface area is 236 Å². The van der Waals surface area contributed by atoms with E-state index in [9.17, 15) is 18.8 Å². The monoisotopic (exact) mass is 573 g/mol. The molecule has 1 aromatic carbocycles. The molecular formula is C28H33ClFN5O5. The Morgan fingerprint density at radius 3 is 2.55 bits per heavy atom. The maximum Gasteiger partial charge on any atom is 0.280 e. The first kappa shape index (κ1) is 27.9. The predicted molar refractivity (Wildman–Crippen MR) is 148 cm³/mol. The van der Waals surface area contributed by atoms with Gasteiger partial charge in [-0.1, -0.05) is 11.6 Å². The molecule has 5 rings (SSSR count). The van der Waals surface area contributed by atoms with E-state index < -0.39 is 11.4 Å². The Hall–Kier alpha value is -3.60. The van der Waals surface area contributed by atoms with Gasteiger partial charge in [-0.15, -0.1) is 0 Å². The third-order valence-corrected chi connectivity index (χ3v) is 7.97. The number of aromatic nitrogens is 3. The highest BCUT2D eigenvalue weighted by atomic mass is 35.5. The van der Waals surface area contributed by atoms with Crippen molar-refractivity contribution in [2.45, 2.75) is 52.6 Å². The lowest BCUT2D eigenvalue weighted by molar-refractivity contribution is 0.0682. The molecule has 1 atom stereocenters. The molecule has 12 heteroatoms. The van der Waals surface area contributed by atoms with Crippen molar-refractivity contribution >= 4 is 34.3 Å². The molecule has 0 spiro atoms. The molecule has 214 valence electrons. The highest BCUT2D eigenvalue weighted by Gasteiger charge is 2.38. The van der Waals surface area contributed by atoms with Crippen LogP contribution in [0, 0.1) is 5.82 Å². The first-order chi connectivity index (χ1) is 19.2. The van der Waals surface area contributed by atoms with Crippen molar-refractivity contribution in [3.05, 3.63) is 50.3 Å². The second kappa shape index (κ2) is 11.1. The summed E-state index contributed by atoms with van der Waals surface area (Å²) >= 11 is 6.11. The minimum Gasteiger partial charge on any atom is -0.493 e. The van der Waals surface area contributed by atoms with Gasteiger partial charge < -0.3 is 23.8 Å². The van der Waals surface area contributed by atoms with Crippen LogP contribution in [0.1, 0.15) is 72.6 Å². The Morgan fingerprint density at radius 2 is 1.85 bits per heavy atom. The zero-order valence-corrected chi connectivity index (χ0v) is 23.9. The van der Waals surface area contributed by atoms with Crippen LogP contribution in [0.3, 0.4) is 0 Å². The van der Waals surface area contributed by atoms with E-state index in [0.717, 1.165) is 17.5 Å². The van der Waals surface area contributed by atoms with Crippen LogP contribution in [0.4, 0.5) is 4.39 Å². The molecule has 4 heterocycles. The molecular weight excluding hydrogens is 541 g/mol. The quantitative estimate of drug-likeness (QED) is 0.468. The summed E-state index contributed by atoms with van der Waals surface area (Å²) < 4.78 is 28.9. The number of amides is 2. The van der Waals surface area contributed by atoms with Gasteiger partial charge >= 0.3 is 0 Å². The molecule has 2 aromatic heterocycles. The van der Waals surface area contributed by atoms with Crippen LogP contribution in [-0.2, 0) is 6.54 Å². The number of benzene rings is 1. The summed E-state index contributed by atoms with van der Waals surface area (Å²) in [6, 6.07) is 2.37. The van der Waals surface area contributed by atoms with Crippen molar-refractivity contribution in [2.75, 3.05) is 39.9 Å². The number of ether oxygens (including phenoxy) is 2. The highest BCUT2D eigenvalue weighted by Crippen LogP contribution is 2.39. The van der Waals surface area contributed by atoms with E-state index in [4.69, 9.17) is 21.1 Å². The van der Waals surface area contributed by atoms with Crippen LogP contribution in [-0.4, -0.2) is 75.9 Å². The van der Waals surface area contributed by atoms with Gasteiger partial charge in [0.15, 0.2) is 17.1 Å². The third kappa shape index (κ3) is 4.59. The van der Waals surface area contributed by atoms with Gasteiger partial charge in [-0.3, -0.25) is 14.4 Å². The summed E-state index contributed by atoms with van der Waals surface area (Å²) in [7, 11) is 1.40. The van der Waals surface area contributed by atoms with Crippen molar-refractivity contribution < 1.29 is 23.5 Å². The second-order valence-corrected chi connectivity index (χ2v) is 10.6. The van der Waals surface area contributed by atoms with Crippen LogP contribution >= 0.6 is 11.6 Å². The molecule has 0 radical (unpaired) electrons. The van der Waals surface area contributed by atoms with Gasteiger partial charge in [0.2, 0.25) is 0 Å². The first-order valence-electron chi connectivity index (χ1n) is 13.6. The van der Waals surface area contributed by atoms with Crippen LogP contribution in [0.2, 0.25) is 5.02 Å². The maximum absolute atomic E-state index is 14.4. The molecule has 0 fully saturated rings. The zero-order chi connectivity index (χ0) is 28.7. The summed E-state index contributed by atoms with van der Waals surface area (Å²) in [6.45, 7) is 7.75. The number of nitrogens with zero attached hydrogens (tertiary/aromatic N) is 5. The fraction of sp³-hybridized carbons (Fsp3) is 0.500. The molecule has 2 aliphatic heterocycles.